The summed E-state index contributed by atoms with van der Waals surface area (Å²) in [4.78, 5) is 19.4. The maximum Gasteiger partial charge on any atom is 0.416 e. The third-order valence-corrected chi connectivity index (χ3v) is 5.77. The normalized spacial score (nSPS) is 15.4. The Bertz CT molecular complexity index is 1100. The average molecular weight is 498 g/mol. The first-order chi connectivity index (χ1) is 16.0. The van der Waals surface area contributed by atoms with Gasteiger partial charge in [0.05, 0.1) is 30.0 Å². The molecule has 0 saturated carbocycles. The van der Waals surface area contributed by atoms with Gasteiger partial charge in [-0.25, -0.2) is 4.99 Å². The zero-order valence-electron chi connectivity index (χ0n) is 19.2. The van der Waals surface area contributed by atoms with Gasteiger partial charge in [-0.05, 0) is 54.8 Å². The SMILES string of the molecule is CCC(=Nc1c(C)cc(C(F)(F)F)cc1CN1CCOCC1)NC(=O)c1cc(Cl)cc(C)c1O. The number of carbonyl (C=O) groups is 1. The van der Waals surface area contributed by atoms with Crippen molar-refractivity contribution < 1.29 is 27.8 Å². The Morgan fingerprint density at radius 2 is 1.85 bits per heavy atom. The molecule has 0 aliphatic carbocycles. The average Bonchev–Trinajstić information content (AvgIpc) is 2.77. The molecule has 10 heteroatoms. The second-order valence-corrected chi connectivity index (χ2v) is 8.61. The lowest BCUT2D eigenvalue weighted by Crippen LogP contribution is -2.35. The number of nitrogens with one attached hydrogen (secondary N) is 1. The predicted molar refractivity (Wildman–Crippen MR) is 125 cm³/mol. The van der Waals surface area contributed by atoms with Crippen LogP contribution in [0.4, 0.5) is 18.9 Å². The van der Waals surface area contributed by atoms with Crippen molar-refractivity contribution in [2.45, 2.75) is 39.9 Å². The maximum absolute atomic E-state index is 13.5. The number of morpholine rings is 1. The molecule has 1 aliphatic rings. The number of carbonyl (C=O) groups excluding carboxylic acids is 1. The largest absolute Gasteiger partial charge is 0.507 e. The summed E-state index contributed by atoms with van der Waals surface area (Å²) >= 11 is 6.03. The molecular formula is C24H27ClF3N3O3. The first-order valence-corrected chi connectivity index (χ1v) is 11.3. The van der Waals surface area contributed by atoms with Crippen molar-refractivity contribution in [3.8, 4) is 5.75 Å². The van der Waals surface area contributed by atoms with Crippen LogP contribution in [-0.2, 0) is 17.5 Å². The van der Waals surface area contributed by atoms with E-state index in [-0.39, 0.29) is 23.7 Å². The van der Waals surface area contributed by atoms with Crippen molar-refractivity contribution in [1.29, 1.82) is 0 Å². The minimum absolute atomic E-state index is 0.0103. The summed E-state index contributed by atoms with van der Waals surface area (Å²) in [6.07, 6.45) is -4.18. The topological polar surface area (TPSA) is 74.2 Å². The van der Waals surface area contributed by atoms with Crippen molar-refractivity contribution >= 4 is 29.0 Å². The van der Waals surface area contributed by atoms with E-state index >= 15 is 0 Å². The Hall–Kier alpha value is -2.62. The zero-order valence-corrected chi connectivity index (χ0v) is 20.0. The number of benzene rings is 2. The van der Waals surface area contributed by atoms with E-state index < -0.39 is 17.6 Å². The van der Waals surface area contributed by atoms with Crippen molar-refractivity contribution in [1.82, 2.24) is 10.2 Å². The summed E-state index contributed by atoms with van der Waals surface area (Å²) in [5, 5.41) is 13.2. The molecule has 2 aromatic rings. The minimum Gasteiger partial charge on any atom is -0.507 e. The number of alkyl halides is 3. The van der Waals surface area contributed by atoms with Crippen molar-refractivity contribution in [3.63, 3.8) is 0 Å². The van der Waals surface area contributed by atoms with Crippen LogP contribution >= 0.6 is 11.6 Å². The van der Waals surface area contributed by atoms with E-state index in [1.54, 1.807) is 20.8 Å². The van der Waals surface area contributed by atoms with Gasteiger partial charge in [-0.2, -0.15) is 13.2 Å². The molecule has 3 rings (SSSR count). The van der Waals surface area contributed by atoms with Crippen LogP contribution in [0.3, 0.4) is 0 Å². The van der Waals surface area contributed by atoms with Gasteiger partial charge in [0.1, 0.15) is 11.6 Å². The number of amidine groups is 1. The molecule has 1 amide bonds. The van der Waals surface area contributed by atoms with E-state index in [4.69, 9.17) is 16.3 Å². The van der Waals surface area contributed by atoms with Crippen LogP contribution in [0.2, 0.25) is 5.02 Å². The summed E-state index contributed by atoms with van der Waals surface area (Å²) in [6.45, 7) is 7.45. The first kappa shape index (κ1) is 26.0. The first-order valence-electron chi connectivity index (χ1n) is 10.9. The number of phenolic OH excluding ortho intramolecular Hbond substituents is 1. The highest BCUT2D eigenvalue weighted by Crippen LogP contribution is 2.36. The lowest BCUT2D eigenvalue weighted by Gasteiger charge is -2.27. The smallest absolute Gasteiger partial charge is 0.416 e. The molecule has 1 fully saturated rings. The summed E-state index contributed by atoms with van der Waals surface area (Å²) in [7, 11) is 0. The fraction of sp³-hybridized carbons (Fsp3) is 0.417. The molecule has 0 unspecified atom stereocenters. The molecule has 2 N–H and O–H groups in total. The van der Waals surface area contributed by atoms with Crippen LogP contribution in [0.25, 0.3) is 0 Å². The fourth-order valence-electron chi connectivity index (χ4n) is 3.73. The highest BCUT2D eigenvalue weighted by Gasteiger charge is 2.32. The van der Waals surface area contributed by atoms with Gasteiger partial charge >= 0.3 is 6.18 Å². The molecule has 184 valence electrons. The summed E-state index contributed by atoms with van der Waals surface area (Å²) < 4.78 is 45.8. The molecule has 0 atom stereocenters. The Morgan fingerprint density at radius 3 is 2.47 bits per heavy atom. The number of aromatic hydroxyl groups is 1. The number of amides is 1. The predicted octanol–water partition coefficient (Wildman–Crippen LogP) is 5.38. The number of hydrogen-bond acceptors (Lipinski definition) is 5. The zero-order chi connectivity index (χ0) is 25.0. The van der Waals surface area contributed by atoms with Gasteiger partial charge in [0.15, 0.2) is 0 Å². The third kappa shape index (κ3) is 6.28. The lowest BCUT2D eigenvalue weighted by molar-refractivity contribution is -0.137. The van der Waals surface area contributed by atoms with E-state index in [0.29, 0.717) is 60.1 Å². The van der Waals surface area contributed by atoms with Crippen LogP contribution in [0, 0.1) is 13.8 Å². The van der Waals surface area contributed by atoms with E-state index in [2.05, 4.69) is 10.3 Å². The fourth-order valence-corrected chi connectivity index (χ4v) is 4.01. The molecule has 6 nitrogen and oxygen atoms in total. The van der Waals surface area contributed by atoms with Gasteiger partial charge in [-0.1, -0.05) is 18.5 Å². The minimum atomic E-state index is -4.49. The van der Waals surface area contributed by atoms with Gasteiger partial charge < -0.3 is 15.2 Å². The van der Waals surface area contributed by atoms with Crippen LogP contribution in [-0.4, -0.2) is 48.1 Å². The molecule has 34 heavy (non-hydrogen) atoms. The quantitative estimate of drug-likeness (QED) is 0.429. The number of halogens is 4. The van der Waals surface area contributed by atoms with E-state index in [0.717, 1.165) is 12.1 Å². The van der Waals surface area contributed by atoms with Crippen molar-refractivity contribution in [3.05, 3.63) is 57.1 Å². The standard InChI is InChI=1S/C24H27ClF3N3O3/c1-4-20(30-23(33)19-12-18(25)10-15(3)22(19)32)29-21-14(2)9-17(24(26,27)28)11-16(21)13-31-5-7-34-8-6-31/h9-12,32H,4-8,13H2,1-3H3,(H,29,30,33). The van der Waals surface area contributed by atoms with E-state index in [1.807, 2.05) is 4.90 Å². The van der Waals surface area contributed by atoms with Crippen LogP contribution in [0.1, 0.15) is 46.0 Å². The van der Waals surface area contributed by atoms with Gasteiger partial charge in [0.25, 0.3) is 5.91 Å². The third-order valence-electron chi connectivity index (χ3n) is 5.55. The highest BCUT2D eigenvalue weighted by molar-refractivity contribution is 6.31. The molecule has 0 spiro atoms. The maximum atomic E-state index is 13.5. The van der Waals surface area contributed by atoms with Crippen LogP contribution in [0.15, 0.2) is 29.3 Å². The van der Waals surface area contributed by atoms with Crippen molar-refractivity contribution in [2.75, 3.05) is 26.3 Å². The van der Waals surface area contributed by atoms with Crippen LogP contribution in [0.5, 0.6) is 5.75 Å². The lowest BCUT2D eigenvalue weighted by atomic mass is 10.0. The molecule has 1 heterocycles. The van der Waals surface area contributed by atoms with Crippen LogP contribution < -0.4 is 5.32 Å². The summed E-state index contributed by atoms with van der Waals surface area (Å²) in [6, 6.07) is 5.05. The summed E-state index contributed by atoms with van der Waals surface area (Å²) in [5.41, 5.74) is 0.829. The second-order valence-electron chi connectivity index (χ2n) is 8.17. The Morgan fingerprint density at radius 1 is 1.18 bits per heavy atom. The highest BCUT2D eigenvalue weighted by atomic mass is 35.5. The Balaban J connectivity index is 1.98. The Kier molecular flexibility index (Phi) is 8.22. The number of nitrogens with zero attached hydrogens (tertiary/aromatic N) is 2. The van der Waals surface area contributed by atoms with Gasteiger partial charge in [-0.15, -0.1) is 0 Å². The molecule has 0 aromatic heterocycles. The number of phenols is 1. The van der Waals surface area contributed by atoms with E-state index in [9.17, 15) is 23.1 Å². The Labute approximate surface area is 201 Å². The number of ether oxygens (including phenoxy) is 1. The van der Waals surface area contributed by atoms with Gasteiger partial charge in [0.2, 0.25) is 0 Å². The monoisotopic (exact) mass is 497 g/mol. The number of rotatable bonds is 5. The molecule has 1 aliphatic heterocycles. The molecule has 0 radical (unpaired) electrons. The summed E-state index contributed by atoms with van der Waals surface area (Å²) in [5.74, 6) is -0.549. The van der Waals surface area contributed by atoms with Gasteiger partial charge in [0, 0.05) is 31.1 Å². The molecule has 1 saturated heterocycles. The van der Waals surface area contributed by atoms with E-state index in [1.165, 1.54) is 12.1 Å². The second kappa shape index (κ2) is 10.8. The number of aliphatic imine (C=N–C) groups is 1. The molecule has 0 bridgehead atoms. The van der Waals surface area contributed by atoms with Crippen molar-refractivity contribution in [2.24, 2.45) is 4.99 Å². The molecular weight excluding hydrogens is 471 g/mol. The number of hydrogen-bond donors (Lipinski definition) is 2. The number of aryl methyl sites for hydroxylation is 2. The molecule has 2 aromatic carbocycles. The van der Waals surface area contributed by atoms with Gasteiger partial charge in [-0.3, -0.25) is 9.69 Å².